The van der Waals surface area contributed by atoms with Crippen LogP contribution in [0.2, 0.25) is 0 Å². The van der Waals surface area contributed by atoms with Crippen molar-refractivity contribution >= 4 is 38.8 Å². The molecular formula is C27H30N6O3S2. The van der Waals surface area contributed by atoms with E-state index in [-0.39, 0.29) is 11.4 Å². The van der Waals surface area contributed by atoms with Crippen LogP contribution in [-0.4, -0.2) is 37.0 Å². The summed E-state index contributed by atoms with van der Waals surface area (Å²) in [5, 5.41) is 9.34. The number of anilines is 2. The number of carbonyl (C=O) groups excluding carboxylic acids is 1. The van der Waals surface area contributed by atoms with Gasteiger partial charge in [0.25, 0.3) is 0 Å². The number of thiazole rings is 1. The van der Waals surface area contributed by atoms with Gasteiger partial charge >= 0.3 is 6.03 Å². The molecule has 0 radical (unpaired) electrons. The smallest absolute Gasteiger partial charge is 0.319 e. The van der Waals surface area contributed by atoms with Crippen molar-refractivity contribution in [3.63, 3.8) is 0 Å². The van der Waals surface area contributed by atoms with Crippen LogP contribution < -0.4 is 20.7 Å². The van der Waals surface area contributed by atoms with Gasteiger partial charge in [-0.25, -0.2) is 22.9 Å². The minimum Gasteiger partial charge on any atom is -0.388 e. The normalized spacial score (nSPS) is 11.7. The second kappa shape index (κ2) is 11.3. The number of hydrogen-bond acceptors (Lipinski definition) is 7. The molecule has 0 atom stereocenters. The Balaban J connectivity index is 1.64. The molecule has 4 N–H and O–H groups in total. The van der Waals surface area contributed by atoms with Crippen LogP contribution in [0.5, 0.6) is 0 Å². The van der Waals surface area contributed by atoms with Gasteiger partial charge in [-0.15, -0.1) is 11.3 Å². The summed E-state index contributed by atoms with van der Waals surface area (Å²) in [6.45, 7) is 5.61. The maximum atomic E-state index is 13.5. The summed E-state index contributed by atoms with van der Waals surface area (Å²) < 4.78 is 29.7. The van der Waals surface area contributed by atoms with Gasteiger partial charge in [0, 0.05) is 60.2 Å². The molecule has 0 spiro atoms. The molecule has 11 heteroatoms. The Hall–Kier alpha value is -3.80. The van der Waals surface area contributed by atoms with Crippen LogP contribution in [0, 0.1) is 0 Å². The topological polar surface area (TPSA) is 125 Å². The van der Waals surface area contributed by atoms with Crippen molar-refractivity contribution in [2.45, 2.75) is 37.8 Å². The highest BCUT2D eigenvalue weighted by molar-refractivity contribution is 7.89. The number of pyridine rings is 1. The lowest BCUT2D eigenvalue weighted by molar-refractivity contribution is 0.251. The third-order valence-electron chi connectivity index (χ3n) is 5.34. The van der Waals surface area contributed by atoms with Gasteiger partial charge in [-0.05, 0) is 68.8 Å². The minimum atomic E-state index is -3.93. The summed E-state index contributed by atoms with van der Waals surface area (Å²) in [6.07, 6.45) is 4.99. The van der Waals surface area contributed by atoms with Gasteiger partial charge in [-0.2, -0.15) is 0 Å². The SMILES string of the molecule is CNc1ccc(-c2ncc(-c3ccc(NC(=O)NCc4cccnc4)cc3S(=O)(=O)NC(C)(C)C)s2)cc1. The first-order valence-corrected chi connectivity index (χ1v) is 14.2. The molecule has 4 rings (SSSR count). The maximum absolute atomic E-state index is 13.5. The number of nitrogens with zero attached hydrogens (tertiary/aromatic N) is 2. The van der Waals surface area contributed by atoms with Crippen molar-refractivity contribution in [1.82, 2.24) is 20.0 Å². The summed E-state index contributed by atoms with van der Waals surface area (Å²) in [5.74, 6) is 0. The Morgan fingerprint density at radius 1 is 1.00 bits per heavy atom. The lowest BCUT2D eigenvalue weighted by Crippen LogP contribution is -2.40. The average Bonchev–Trinajstić information content (AvgIpc) is 3.37. The zero-order chi connectivity index (χ0) is 27.3. The lowest BCUT2D eigenvalue weighted by atomic mass is 10.1. The molecule has 0 saturated heterocycles. The van der Waals surface area contributed by atoms with Crippen LogP contribution in [0.1, 0.15) is 26.3 Å². The van der Waals surface area contributed by atoms with Crippen LogP contribution in [0.4, 0.5) is 16.2 Å². The molecule has 198 valence electrons. The number of carbonyl (C=O) groups is 1. The predicted molar refractivity (Wildman–Crippen MR) is 153 cm³/mol. The first kappa shape index (κ1) is 27.2. The summed E-state index contributed by atoms with van der Waals surface area (Å²) >= 11 is 1.40. The largest absolute Gasteiger partial charge is 0.388 e. The fourth-order valence-electron chi connectivity index (χ4n) is 3.66. The van der Waals surface area contributed by atoms with E-state index >= 15 is 0 Å². The van der Waals surface area contributed by atoms with E-state index in [0.717, 1.165) is 21.8 Å². The third kappa shape index (κ3) is 6.94. The molecule has 38 heavy (non-hydrogen) atoms. The Labute approximate surface area is 226 Å². The Kier molecular flexibility index (Phi) is 8.10. The number of hydrogen-bond donors (Lipinski definition) is 4. The van der Waals surface area contributed by atoms with Crippen molar-refractivity contribution in [1.29, 1.82) is 0 Å². The first-order chi connectivity index (χ1) is 18.0. The van der Waals surface area contributed by atoms with Gasteiger partial charge in [-0.3, -0.25) is 4.98 Å². The van der Waals surface area contributed by atoms with Crippen molar-refractivity contribution in [3.05, 3.63) is 78.8 Å². The van der Waals surface area contributed by atoms with Crippen molar-refractivity contribution in [3.8, 4) is 21.0 Å². The molecule has 0 fully saturated rings. The number of aromatic nitrogens is 2. The fraction of sp³-hybridized carbons (Fsp3) is 0.222. The minimum absolute atomic E-state index is 0.0539. The van der Waals surface area contributed by atoms with Gasteiger partial charge in [0.05, 0.1) is 9.77 Å². The number of urea groups is 1. The fourth-order valence-corrected chi connectivity index (χ4v) is 6.35. The van der Waals surface area contributed by atoms with Crippen LogP contribution in [0.25, 0.3) is 21.0 Å². The van der Waals surface area contributed by atoms with E-state index < -0.39 is 21.6 Å². The molecule has 2 amide bonds. The van der Waals surface area contributed by atoms with Crippen LogP contribution in [0.3, 0.4) is 0 Å². The molecule has 2 heterocycles. The summed E-state index contributed by atoms with van der Waals surface area (Å²) in [4.78, 5) is 21.8. The number of rotatable bonds is 8. The van der Waals surface area contributed by atoms with E-state index in [2.05, 4.69) is 30.6 Å². The van der Waals surface area contributed by atoms with E-state index in [1.807, 2.05) is 37.4 Å². The molecule has 0 aliphatic rings. The molecular weight excluding hydrogens is 520 g/mol. The molecule has 2 aromatic carbocycles. The third-order valence-corrected chi connectivity index (χ3v) is 8.21. The van der Waals surface area contributed by atoms with Crippen LogP contribution in [0.15, 0.2) is 78.1 Å². The summed E-state index contributed by atoms with van der Waals surface area (Å²) in [7, 11) is -2.08. The first-order valence-electron chi connectivity index (χ1n) is 11.9. The second-order valence-corrected chi connectivity index (χ2v) is 12.3. The molecule has 0 aliphatic heterocycles. The molecule has 0 unspecified atom stereocenters. The molecule has 0 aliphatic carbocycles. The average molecular weight is 551 g/mol. The van der Waals surface area contributed by atoms with Gasteiger partial charge in [0.15, 0.2) is 0 Å². The van der Waals surface area contributed by atoms with Gasteiger partial charge in [-0.1, -0.05) is 12.1 Å². The number of sulfonamides is 1. The van der Waals surface area contributed by atoms with E-state index in [1.54, 1.807) is 57.6 Å². The number of benzene rings is 2. The monoisotopic (exact) mass is 550 g/mol. The molecule has 2 aromatic heterocycles. The molecule has 4 aromatic rings. The van der Waals surface area contributed by atoms with Crippen molar-refractivity contribution < 1.29 is 13.2 Å². The molecule has 9 nitrogen and oxygen atoms in total. The number of amides is 2. The second-order valence-electron chi connectivity index (χ2n) is 9.59. The zero-order valence-corrected chi connectivity index (χ0v) is 23.2. The van der Waals surface area contributed by atoms with Crippen LogP contribution in [-0.2, 0) is 16.6 Å². The highest BCUT2D eigenvalue weighted by atomic mass is 32.2. The Bertz CT molecular complexity index is 1510. The van der Waals surface area contributed by atoms with Crippen molar-refractivity contribution in [2.75, 3.05) is 17.7 Å². The quantitative estimate of drug-likeness (QED) is 0.236. The van der Waals surface area contributed by atoms with Gasteiger partial charge in [0.1, 0.15) is 5.01 Å². The van der Waals surface area contributed by atoms with Crippen LogP contribution >= 0.6 is 11.3 Å². The van der Waals surface area contributed by atoms with E-state index in [1.165, 1.54) is 17.4 Å². The maximum Gasteiger partial charge on any atom is 0.319 e. The van der Waals surface area contributed by atoms with Crippen molar-refractivity contribution in [2.24, 2.45) is 0 Å². The summed E-state index contributed by atoms with van der Waals surface area (Å²) in [6, 6.07) is 15.9. The number of nitrogens with one attached hydrogen (secondary N) is 4. The predicted octanol–water partition coefficient (Wildman–Crippen LogP) is 5.31. The van der Waals surface area contributed by atoms with Gasteiger partial charge < -0.3 is 16.0 Å². The Morgan fingerprint density at radius 3 is 2.39 bits per heavy atom. The standard InChI is InChI=1S/C27H30N6O3S2/c1-27(2,3)33-38(35,36)24-14-21(32-26(34)31-16-18-6-5-13-29-15-18)11-12-22(24)23-17-30-25(37-23)19-7-9-20(28-4)10-8-19/h5-15,17,28,33H,16H2,1-4H3,(H2,31,32,34). The molecule has 0 bridgehead atoms. The van der Waals surface area contributed by atoms with E-state index in [0.29, 0.717) is 16.1 Å². The zero-order valence-electron chi connectivity index (χ0n) is 21.6. The van der Waals surface area contributed by atoms with E-state index in [9.17, 15) is 13.2 Å². The summed E-state index contributed by atoms with van der Waals surface area (Å²) in [5.41, 5.74) is 2.91. The van der Waals surface area contributed by atoms with Gasteiger partial charge in [0.2, 0.25) is 10.0 Å². The lowest BCUT2D eigenvalue weighted by Gasteiger charge is -2.22. The highest BCUT2D eigenvalue weighted by Gasteiger charge is 2.26. The molecule has 0 saturated carbocycles. The Morgan fingerprint density at radius 2 is 1.74 bits per heavy atom. The van der Waals surface area contributed by atoms with E-state index in [4.69, 9.17) is 0 Å². The highest BCUT2D eigenvalue weighted by Crippen LogP contribution is 2.37.